The van der Waals surface area contributed by atoms with Crippen molar-refractivity contribution in [3.63, 3.8) is 0 Å². The van der Waals surface area contributed by atoms with Crippen molar-refractivity contribution in [2.24, 2.45) is 28.6 Å². The summed E-state index contributed by atoms with van der Waals surface area (Å²) in [6.45, 7) is 10.4. The maximum atomic E-state index is 12.2. The predicted octanol–water partition coefficient (Wildman–Crippen LogP) is 4.12. The van der Waals surface area contributed by atoms with Crippen molar-refractivity contribution in [3.8, 4) is 0 Å². The summed E-state index contributed by atoms with van der Waals surface area (Å²) in [5.41, 5.74) is 9.51. The summed E-state index contributed by atoms with van der Waals surface area (Å²) in [4.78, 5) is 15.5. The Balaban J connectivity index is 1.95. The van der Waals surface area contributed by atoms with E-state index in [9.17, 15) is 4.79 Å². The van der Waals surface area contributed by atoms with Gasteiger partial charge in [-0.05, 0) is 48.9 Å². The second-order valence-corrected chi connectivity index (χ2v) is 8.36. The van der Waals surface area contributed by atoms with Crippen molar-refractivity contribution >= 4 is 11.5 Å². The SMILES string of the molecule is CC(C)(C)C(=O)C(CCC1CCC2CC1C2(C)C)=[N+]=[N-]. The zero-order valence-corrected chi connectivity index (χ0v) is 13.6. The van der Waals surface area contributed by atoms with Crippen LogP contribution in [0.25, 0.3) is 5.53 Å². The minimum Gasteiger partial charge on any atom is -0.361 e. The second kappa shape index (κ2) is 5.11. The summed E-state index contributed by atoms with van der Waals surface area (Å²) in [6.07, 6.45) is 5.57. The molecule has 112 valence electrons. The summed E-state index contributed by atoms with van der Waals surface area (Å²) in [7, 11) is 0. The third kappa shape index (κ3) is 2.61. The van der Waals surface area contributed by atoms with E-state index in [1.807, 2.05) is 20.8 Å². The van der Waals surface area contributed by atoms with Crippen molar-refractivity contribution in [1.82, 2.24) is 0 Å². The van der Waals surface area contributed by atoms with Gasteiger partial charge in [0.05, 0.1) is 6.42 Å². The fraction of sp³-hybridized carbons (Fsp3) is 0.882. The lowest BCUT2D eigenvalue weighted by Crippen LogP contribution is -2.52. The lowest BCUT2D eigenvalue weighted by atomic mass is 9.45. The lowest BCUT2D eigenvalue weighted by Gasteiger charge is -2.60. The minimum atomic E-state index is -0.463. The standard InChI is InChI=1S/C17H28N2O/c1-16(2,3)15(20)14(19-18)9-7-11-6-8-12-10-13(11)17(12,4)5/h11-13H,6-10H2,1-5H3. The first-order chi connectivity index (χ1) is 9.17. The quantitative estimate of drug-likeness (QED) is 0.433. The first-order valence-corrected chi connectivity index (χ1v) is 7.93. The normalized spacial score (nSPS) is 31.1. The number of carbonyl (C=O) groups is 1. The smallest absolute Gasteiger partial charge is 0.334 e. The van der Waals surface area contributed by atoms with Gasteiger partial charge in [-0.15, -0.1) is 0 Å². The van der Waals surface area contributed by atoms with Crippen molar-refractivity contribution in [2.45, 2.75) is 66.7 Å². The number of rotatable bonds is 4. The Kier molecular flexibility index (Phi) is 3.94. The molecule has 0 aromatic heterocycles. The Morgan fingerprint density at radius 2 is 1.95 bits per heavy atom. The fourth-order valence-corrected chi connectivity index (χ4v) is 4.27. The van der Waals surface area contributed by atoms with E-state index in [1.54, 1.807) is 0 Å². The number of hydrogen-bond donors (Lipinski definition) is 0. The summed E-state index contributed by atoms with van der Waals surface area (Å²) in [5.74, 6) is 2.37. The van der Waals surface area contributed by atoms with Crippen LogP contribution in [0.2, 0.25) is 0 Å². The van der Waals surface area contributed by atoms with E-state index in [-0.39, 0.29) is 5.78 Å². The average molecular weight is 276 g/mol. The van der Waals surface area contributed by atoms with Crippen LogP contribution in [0.15, 0.2) is 0 Å². The van der Waals surface area contributed by atoms with E-state index in [4.69, 9.17) is 5.53 Å². The molecule has 3 fully saturated rings. The topological polar surface area (TPSA) is 53.5 Å². The van der Waals surface area contributed by atoms with Gasteiger partial charge in [0.25, 0.3) is 0 Å². The Bertz CT molecular complexity index is 450. The summed E-state index contributed by atoms with van der Waals surface area (Å²) < 4.78 is 0. The van der Waals surface area contributed by atoms with Gasteiger partial charge in [-0.3, -0.25) is 4.79 Å². The van der Waals surface area contributed by atoms with Crippen LogP contribution in [0.1, 0.15) is 66.7 Å². The largest absolute Gasteiger partial charge is 0.361 e. The van der Waals surface area contributed by atoms with Crippen LogP contribution >= 0.6 is 0 Å². The summed E-state index contributed by atoms with van der Waals surface area (Å²) >= 11 is 0. The van der Waals surface area contributed by atoms with Crippen LogP contribution in [0, 0.1) is 28.6 Å². The Morgan fingerprint density at radius 3 is 2.40 bits per heavy atom. The lowest BCUT2D eigenvalue weighted by molar-refractivity contribution is -0.125. The van der Waals surface area contributed by atoms with Gasteiger partial charge in [0.2, 0.25) is 5.78 Å². The van der Waals surface area contributed by atoms with Gasteiger partial charge in [-0.2, -0.15) is 4.79 Å². The van der Waals surface area contributed by atoms with E-state index < -0.39 is 5.41 Å². The molecule has 0 aromatic rings. The van der Waals surface area contributed by atoms with Gasteiger partial charge in [0.1, 0.15) is 0 Å². The number of Topliss-reactive ketones (excluding diaryl/α,β-unsaturated/α-hetero) is 1. The van der Waals surface area contributed by atoms with Crippen LogP contribution in [0.3, 0.4) is 0 Å². The van der Waals surface area contributed by atoms with Gasteiger partial charge >= 0.3 is 5.71 Å². The monoisotopic (exact) mass is 276 g/mol. The predicted molar refractivity (Wildman–Crippen MR) is 80.4 cm³/mol. The molecule has 3 saturated carbocycles. The van der Waals surface area contributed by atoms with E-state index in [1.165, 1.54) is 19.3 Å². The molecule has 3 aliphatic rings. The van der Waals surface area contributed by atoms with Gasteiger partial charge in [0.15, 0.2) is 0 Å². The zero-order valence-electron chi connectivity index (χ0n) is 13.6. The van der Waals surface area contributed by atoms with Gasteiger partial charge < -0.3 is 5.53 Å². The molecular formula is C17H28N2O. The zero-order chi connectivity index (χ0) is 15.1. The van der Waals surface area contributed by atoms with E-state index in [0.717, 1.165) is 18.3 Å². The molecule has 0 aromatic carbocycles. The number of carbonyl (C=O) groups excluding carboxylic acids is 1. The van der Waals surface area contributed by atoms with Crippen LogP contribution in [0.4, 0.5) is 0 Å². The molecule has 0 spiro atoms. The Morgan fingerprint density at radius 1 is 1.30 bits per heavy atom. The average Bonchev–Trinajstić information content (AvgIpc) is 2.38. The highest BCUT2D eigenvalue weighted by Gasteiger charge is 2.54. The minimum absolute atomic E-state index is 0.0263. The molecule has 0 N–H and O–H groups in total. The van der Waals surface area contributed by atoms with Crippen LogP contribution in [0.5, 0.6) is 0 Å². The van der Waals surface area contributed by atoms with Crippen molar-refractivity contribution in [2.75, 3.05) is 0 Å². The molecule has 3 nitrogen and oxygen atoms in total. The molecule has 3 aliphatic carbocycles. The van der Waals surface area contributed by atoms with Crippen molar-refractivity contribution in [3.05, 3.63) is 5.53 Å². The molecule has 0 radical (unpaired) electrons. The highest BCUT2D eigenvalue weighted by Crippen LogP contribution is 2.62. The van der Waals surface area contributed by atoms with E-state index in [2.05, 4.69) is 18.6 Å². The van der Waals surface area contributed by atoms with E-state index >= 15 is 0 Å². The number of ketones is 1. The molecule has 0 saturated heterocycles. The van der Waals surface area contributed by atoms with Gasteiger partial charge in [-0.1, -0.05) is 34.6 Å². The number of nitrogens with zero attached hydrogens (tertiary/aromatic N) is 2. The van der Waals surface area contributed by atoms with E-state index in [0.29, 0.717) is 23.5 Å². The van der Waals surface area contributed by atoms with Crippen molar-refractivity contribution < 1.29 is 9.58 Å². The maximum Gasteiger partial charge on any atom is 0.334 e. The van der Waals surface area contributed by atoms with Gasteiger partial charge in [0, 0.05) is 5.41 Å². The molecule has 3 heteroatoms. The molecule has 3 rings (SSSR count). The summed E-state index contributed by atoms with van der Waals surface area (Å²) in [5, 5.41) is 0. The van der Waals surface area contributed by atoms with Crippen LogP contribution in [-0.4, -0.2) is 16.3 Å². The molecule has 20 heavy (non-hydrogen) atoms. The van der Waals surface area contributed by atoms with Gasteiger partial charge in [-0.25, -0.2) is 0 Å². The number of fused-ring (bicyclic) bond motifs is 2. The Hall–Kier alpha value is -0.950. The molecule has 3 unspecified atom stereocenters. The van der Waals surface area contributed by atoms with Crippen LogP contribution in [-0.2, 0) is 4.79 Å². The molecule has 0 amide bonds. The summed E-state index contributed by atoms with van der Waals surface area (Å²) in [6, 6.07) is 0. The first-order valence-electron chi connectivity index (χ1n) is 7.93. The second-order valence-electron chi connectivity index (χ2n) is 8.36. The molecule has 3 atom stereocenters. The Labute approximate surface area is 122 Å². The third-order valence-electron chi connectivity index (χ3n) is 5.82. The molecule has 2 bridgehead atoms. The third-order valence-corrected chi connectivity index (χ3v) is 5.82. The molecule has 0 aliphatic heterocycles. The molecular weight excluding hydrogens is 248 g/mol. The maximum absolute atomic E-state index is 12.2. The highest BCUT2D eigenvalue weighted by molar-refractivity contribution is 6.39. The van der Waals surface area contributed by atoms with Crippen LogP contribution < -0.4 is 0 Å². The van der Waals surface area contributed by atoms with Crippen molar-refractivity contribution in [1.29, 1.82) is 0 Å². The fourth-order valence-electron chi connectivity index (χ4n) is 4.27. The number of hydrogen-bond acceptors (Lipinski definition) is 1. The molecule has 0 heterocycles. The highest BCUT2D eigenvalue weighted by atomic mass is 16.1. The first kappa shape index (κ1) is 15.4.